The fourth-order valence-electron chi connectivity index (χ4n) is 6.50. The number of pyridine rings is 1. The van der Waals surface area contributed by atoms with Crippen molar-refractivity contribution in [3.05, 3.63) is 77.5 Å². The number of amides is 1. The van der Waals surface area contributed by atoms with E-state index in [0.29, 0.717) is 10.9 Å². The standard InChI is InChI=1S/C34H33F4N7O2/c1-21-7-4-8-22-9-5-10-25(28(21)22)30-29(36)31-26(17-40-30)32(42-33(41-31)47-19-23-15-34(37,38)20-43(23)3)44-13-14-45(24(18-44)16-39-2)27(46)11-6-12-35/h4-11,17,23-24H,12-16,18-20H2,1,3H3/b11-6+/t23-,24-/m0/s1. The molecule has 0 bridgehead atoms. The number of likely N-dealkylation sites (N-methyl/N-ethyl adjacent to an activating group) is 1. The molecule has 0 saturated carbocycles. The summed E-state index contributed by atoms with van der Waals surface area (Å²) in [5.74, 6) is -3.68. The molecule has 9 nitrogen and oxygen atoms in total. The minimum absolute atomic E-state index is 0.0164. The van der Waals surface area contributed by atoms with Crippen LogP contribution in [0.1, 0.15) is 12.0 Å². The van der Waals surface area contributed by atoms with Crippen LogP contribution >= 0.6 is 0 Å². The summed E-state index contributed by atoms with van der Waals surface area (Å²) in [6.45, 7) is 8.69. The van der Waals surface area contributed by atoms with Crippen LogP contribution in [0.4, 0.5) is 23.4 Å². The molecule has 2 aliphatic rings. The number of ether oxygens (including phenoxy) is 1. The SMILES string of the molecule is [C-]#[N+]C[C@H]1CN(c2nc(OC[C@@H]3CC(F)(F)CN3C)nc3c(F)c(-c4cccc5cccc(C)c45)ncc23)CCN1C(=O)/C=C/CF. The van der Waals surface area contributed by atoms with Gasteiger partial charge < -0.3 is 19.4 Å². The number of aryl methyl sites for hydroxylation is 1. The molecule has 0 unspecified atom stereocenters. The quantitative estimate of drug-likeness (QED) is 0.143. The Bertz CT molecular complexity index is 1890. The highest BCUT2D eigenvalue weighted by Gasteiger charge is 2.43. The number of rotatable bonds is 8. The lowest BCUT2D eigenvalue weighted by Crippen LogP contribution is -2.56. The van der Waals surface area contributed by atoms with Gasteiger partial charge in [-0.15, -0.1) is 0 Å². The minimum atomic E-state index is -2.85. The maximum Gasteiger partial charge on any atom is 0.319 e. The number of likely N-dealkylation sites (tertiary alicyclic amines) is 1. The lowest BCUT2D eigenvalue weighted by atomic mass is 9.97. The van der Waals surface area contributed by atoms with Gasteiger partial charge in [-0.1, -0.05) is 36.4 Å². The third kappa shape index (κ3) is 6.42. The minimum Gasteiger partial charge on any atom is -0.462 e. The molecule has 2 aliphatic heterocycles. The number of carbonyl (C=O) groups is 1. The molecule has 4 heterocycles. The molecule has 2 saturated heterocycles. The van der Waals surface area contributed by atoms with Crippen LogP contribution in [-0.2, 0) is 4.79 Å². The number of hydrogen-bond acceptors (Lipinski definition) is 7. The molecule has 0 N–H and O–H groups in total. The maximum atomic E-state index is 16.7. The summed E-state index contributed by atoms with van der Waals surface area (Å²) in [4.78, 5) is 34.7. The second-order valence-corrected chi connectivity index (χ2v) is 12.0. The summed E-state index contributed by atoms with van der Waals surface area (Å²) < 4.78 is 63.4. The fraction of sp³-hybridized carbons (Fsp3) is 0.382. The Morgan fingerprint density at radius 2 is 1.96 bits per heavy atom. The highest BCUT2D eigenvalue weighted by molar-refractivity contribution is 6.00. The van der Waals surface area contributed by atoms with E-state index >= 15 is 4.39 Å². The van der Waals surface area contributed by atoms with Crippen LogP contribution in [0.5, 0.6) is 6.01 Å². The first kappa shape index (κ1) is 32.1. The van der Waals surface area contributed by atoms with Crippen molar-refractivity contribution in [2.75, 3.05) is 58.0 Å². The number of fused-ring (bicyclic) bond motifs is 2. The van der Waals surface area contributed by atoms with Gasteiger partial charge in [0, 0.05) is 49.9 Å². The first-order chi connectivity index (χ1) is 22.6. The molecule has 1 amide bonds. The number of halogens is 4. The Hall–Kier alpha value is -4.83. The molecule has 0 radical (unpaired) electrons. The summed E-state index contributed by atoms with van der Waals surface area (Å²) >= 11 is 0. The van der Waals surface area contributed by atoms with Crippen molar-refractivity contribution in [3.8, 4) is 17.3 Å². The molecule has 2 atom stereocenters. The van der Waals surface area contributed by atoms with Crippen LogP contribution in [-0.4, -0.2) is 102 Å². The summed E-state index contributed by atoms with van der Waals surface area (Å²) in [7, 11) is 1.59. The van der Waals surface area contributed by atoms with Gasteiger partial charge in [0.05, 0.1) is 11.9 Å². The number of aromatic nitrogens is 3. The van der Waals surface area contributed by atoms with E-state index in [-0.39, 0.29) is 55.8 Å². The van der Waals surface area contributed by atoms with Crippen molar-refractivity contribution < 1.29 is 27.1 Å². The van der Waals surface area contributed by atoms with E-state index in [0.717, 1.165) is 28.5 Å². The lowest BCUT2D eigenvalue weighted by Gasteiger charge is -2.39. The van der Waals surface area contributed by atoms with Crippen LogP contribution in [0.3, 0.4) is 0 Å². The van der Waals surface area contributed by atoms with Gasteiger partial charge in [0.1, 0.15) is 36.4 Å². The smallest absolute Gasteiger partial charge is 0.319 e. The van der Waals surface area contributed by atoms with E-state index in [2.05, 4.69) is 19.8 Å². The number of carbonyl (C=O) groups excluding carboxylic acids is 1. The van der Waals surface area contributed by atoms with Crippen molar-refractivity contribution in [1.82, 2.24) is 24.8 Å². The zero-order chi connectivity index (χ0) is 33.3. The van der Waals surface area contributed by atoms with Crippen LogP contribution < -0.4 is 9.64 Å². The molecule has 2 aromatic carbocycles. The number of allylic oxidation sites excluding steroid dienone is 1. The fourth-order valence-corrected chi connectivity index (χ4v) is 6.50. The van der Waals surface area contributed by atoms with Gasteiger partial charge in [0.25, 0.3) is 5.92 Å². The highest BCUT2D eigenvalue weighted by atomic mass is 19.3. The molecule has 2 fully saturated rings. The molecule has 244 valence electrons. The van der Waals surface area contributed by atoms with Gasteiger partial charge in [0.2, 0.25) is 12.5 Å². The van der Waals surface area contributed by atoms with Gasteiger partial charge in [-0.25, -0.2) is 24.1 Å². The van der Waals surface area contributed by atoms with Gasteiger partial charge in [0.15, 0.2) is 5.82 Å². The summed E-state index contributed by atoms with van der Waals surface area (Å²) in [6, 6.07) is 10.0. The zero-order valence-electron chi connectivity index (χ0n) is 26.0. The third-order valence-corrected chi connectivity index (χ3v) is 8.77. The number of piperazine rings is 1. The van der Waals surface area contributed by atoms with E-state index in [1.165, 1.54) is 16.0 Å². The average Bonchev–Trinajstić information content (AvgIpc) is 3.33. The molecule has 0 aliphatic carbocycles. The Morgan fingerprint density at radius 1 is 1.17 bits per heavy atom. The van der Waals surface area contributed by atoms with Crippen LogP contribution in [0, 0.1) is 19.3 Å². The Kier molecular flexibility index (Phi) is 8.96. The van der Waals surface area contributed by atoms with Crippen molar-refractivity contribution in [2.24, 2.45) is 0 Å². The van der Waals surface area contributed by atoms with Crippen molar-refractivity contribution in [2.45, 2.75) is 31.4 Å². The normalized spacial score (nSPS) is 19.9. The second-order valence-electron chi connectivity index (χ2n) is 12.0. The Labute approximate surface area is 269 Å². The molecule has 47 heavy (non-hydrogen) atoms. The third-order valence-electron chi connectivity index (χ3n) is 8.77. The first-order valence-corrected chi connectivity index (χ1v) is 15.3. The summed E-state index contributed by atoms with van der Waals surface area (Å²) in [5.41, 5.74) is 1.56. The predicted molar refractivity (Wildman–Crippen MR) is 171 cm³/mol. The molecule has 6 rings (SSSR count). The van der Waals surface area contributed by atoms with E-state index < -0.39 is 49.4 Å². The molecular weight excluding hydrogens is 614 g/mol. The Balaban J connectivity index is 1.43. The zero-order valence-corrected chi connectivity index (χ0v) is 26.0. The monoisotopic (exact) mass is 647 g/mol. The van der Waals surface area contributed by atoms with Gasteiger partial charge in [-0.2, -0.15) is 9.97 Å². The van der Waals surface area contributed by atoms with E-state index in [9.17, 15) is 18.0 Å². The highest BCUT2D eigenvalue weighted by Crippen LogP contribution is 2.37. The lowest BCUT2D eigenvalue weighted by molar-refractivity contribution is -0.128. The predicted octanol–water partition coefficient (Wildman–Crippen LogP) is 5.47. The summed E-state index contributed by atoms with van der Waals surface area (Å²) in [5, 5.41) is 2.06. The first-order valence-electron chi connectivity index (χ1n) is 15.3. The molecular formula is C34H33F4N7O2. The van der Waals surface area contributed by atoms with Crippen molar-refractivity contribution in [1.29, 1.82) is 0 Å². The van der Waals surface area contributed by atoms with Crippen LogP contribution in [0.15, 0.2) is 54.7 Å². The van der Waals surface area contributed by atoms with E-state index in [1.807, 2.05) is 42.2 Å². The van der Waals surface area contributed by atoms with Crippen molar-refractivity contribution in [3.63, 3.8) is 0 Å². The molecule has 13 heteroatoms. The maximum absolute atomic E-state index is 16.7. The van der Waals surface area contributed by atoms with Crippen molar-refractivity contribution >= 4 is 33.4 Å². The molecule has 4 aromatic rings. The summed E-state index contributed by atoms with van der Waals surface area (Å²) in [6.07, 6.45) is 3.38. The van der Waals surface area contributed by atoms with Gasteiger partial charge in [-0.3, -0.25) is 14.7 Å². The van der Waals surface area contributed by atoms with Crippen LogP contribution in [0.2, 0.25) is 0 Å². The van der Waals surface area contributed by atoms with Gasteiger partial charge >= 0.3 is 6.01 Å². The van der Waals surface area contributed by atoms with E-state index in [4.69, 9.17) is 11.3 Å². The number of alkyl halides is 3. The molecule has 2 aromatic heterocycles. The second kappa shape index (κ2) is 13.1. The number of nitrogens with zero attached hydrogens (tertiary/aromatic N) is 7. The Morgan fingerprint density at radius 3 is 2.68 bits per heavy atom. The average molecular weight is 648 g/mol. The molecule has 0 spiro atoms. The number of hydrogen-bond donors (Lipinski definition) is 0. The number of anilines is 1. The van der Waals surface area contributed by atoms with Crippen LogP contribution in [0.25, 0.3) is 37.8 Å². The largest absolute Gasteiger partial charge is 0.462 e. The topological polar surface area (TPSA) is 79.1 Å². The van der Waals surface area contributed by atoms with Gasteiger partial charge in [-0.05, 0) is 36.4 Å². The van der Waals surface area contributed by atoms with E-state index in [1.54, 1.807) is 13.1 Å². The number of benzene rings is 2.